The molecule has 3 rings (SSSR count). The van der Waals surface area contributed by atoms with Gasteiger partial charge >= 0.3 is 0 Å². The molecule has 2 amide bonds. The smallest absolute Gasteiger partial charge is 0.224 e. The molecule has 1 aromatic carbocycles. The molecule has 5 nitrogen and oxygen atoms in total. The van der Waals surface area contributed by atoms with Crippen molar-refractivity contribution in [1.29, 1.82) is 0 Å². The average Bonchev–Trinajstić information content (AvgIpc) is 2.86. The molecular formula is C20H27N3O2S. The monoisotopic (exact) mass is 373 g/mol. The molecule has 2 aromatic rings. The zero-order valence-electron chi connectivity index (χ0n) is 15.2. The molecule has 1 fully saturated rings. The summed E-state index contributed by atoms with van der Waals surface area (Å²) < 4.78 is 1.19. The van der Waals surface area contributed by atoms with Crippen molar-refractivity contribution in [3.8, 4) is 0 Å². The Labute approximate surface area is 158 Å². The van der Waals surface area contributed by atoms with Crippen LogP contribution in [-0.4, -0.2) is 41.3 Å². The normalized spacial score (nSPS) is 15.0. The first kappa shape index (κ1) is 18.8. The summed E-state index contributed by atoms with van der Waals surface area (Å²) in [5.74, 6) is 0.191. The number of carbonyl (C=O) groups is 2. The predicted molar refractivity (Wildman–Crippen MR) is 105 cm³/mol. The van der Waals surface area contributed by atoms with Gasteiger partial charge in [-0.2, -0.15) is 0 Å². The van der Waals surface area contributed by atoms with Crippen molar-refractivity contribution in [2.45, 2.75) is 51.4 Å². The zero-order valence-corrected chi connectivity index (χ0v) is 16.0. The lowest BCUT2D eigenvalue weighted by Gasteiger charge is -2.20. The van der Waals surface area contributed by atoms with Crippen LogP contribution in [0.4, 0.5) is 0 Å². The Morgan fingerprint density at radius 1 is 1.08 bits per heavy atom. The summed E-state index contributed by atoms with van der Waals surface area (Å²) in [6.45, 7) is 2.18. The highest BCUT2D eigenvalue weighted by Gasteiger charge is 2.15. The predicted octanol–water partition coefficient (Wildman–Crippen LogP) is 3.53. The van der Waals surface area contributed by atoms with Crippen LogP contribution in [0.25, 0.3) is 10.2 Å². The second kappa shape index (κ2) is 9.67. The van der Waals surface area contributed by atoms with Crippen LogP contribution in [0.3, 0.4) is 0 Å². The van der Waals surface area contributed by atoms with Gasteiger partial charge in [0.05, 0.1) is 15.2 Å². The highest BCUT2D eigenvalue weighted by atomic mass is 32.1. The molecule has 1 aromatic heterocycles. The Kier molecular flexibility index (Phi) is 7.00. The highest BCUT2D eigenvalue weighted by molar-refractivity contribution is 7.18. The Balaban J connectivity index is 1.32. The maximum atomic E-state index is 12.2. The number of likely N-dealkylation sites (tertiary alicyclic amines) is 1. The molecule has 1 N–H and O–H groups in total. The number of thiazole rings is 1. The van der Waals surface area contributed by atoms with Crippen molar-refractivity contribution in [3.63, 3.8) is 0 Å². The number of hydrogen-bond donors (Lipinski definition) is 1. The van der Waals surface area contributed by atoms with Gasteiger partial charge in [-0.25, -0.2) is 4.98 Å². The Bertz CT molecular complexity index is 702. The molecule has 0 aliphatic carbocycles. The van der Waals surface area contributed by atoms with Crippen molar-refractivity contribution < 1.29 is 9.59 Å². The van der Waals surface area contributed by atoms with E-state index in [9.17, 15) is 9.59 Å². The third-order valence-electron chi connectivity index (χ3n) is 4.75. The van der Waals surface area contributed by atoms with Gasteiger partial charge in [0.25, 0.3) is 0 Å². The van der Waals surface area contributed by atoms with Gasteiger partial charge in [-0.15, -0.1) is 11.3 Å². The summed E-state index contributed by atoms with van der Waals surface area (Å²) in [7, 11) is 0. The number of para-hydroxylation sites is 1. The minimum Gasteiger partial charge on any atom is -0.356 e. The van der Waals surface area contributed by atoms with E-state index < -0.39 is 0 Å². The maximum Gasteiger partial charge on any atom is 0.224 e. The molecule has 140 valence electrons. The number of benzene rings is 1. The molecule has 0 unspecified atom stereocenters. The number of nitrogens with one attached hydrogen (secondary N) is 1. The number of aromatic nitrogens is 1. The molecule has 6 heteroatoms. The average molecular weight is 374 g/mol. The Morgan fingerprint density at radius 3 is 2.62 bits per heavy atom. The second-order valence-electron chi connectivity index (χ2n) is 6.82. The maximum absolute atomic E-state index is 12.2. The fourth-order valence-electron chi connectivity index (χ4n) is 3.30. The number of hydrogen-bond acceptors (Lipinski definition) is 4. The molecule has 0 atom stereocenters. The topological polar surface area (TPSA) is 62.3 Å². The summed E-state index contributed by atoms with van der Waals surface area (Å²) >= 11 is 1.70. The van der Waals surface area contributed by atoms with E-state index in [0.717, 1.165) is 49.3 Å². The SMILES string of the molecule is O=C(CCCc1nc2ccccc2s1)NCCC(=O)N1CCCCCC1. The van der Waals surface area contributed by atoms with Crippen LogP contribution in [-0.2, 0) is 16.0 Å². The van der Waals surface area contributed by atoms with Crippen molar-refractivity contribution >= 4 is 33.4 Å². The van der Waals surface area contributed by atoms with E-state index in [1.54, 1.807) is 11.3 Å². The molecule has 1 saturated heterocycles. The lowest BCUT2D eigenvalue weighted by molar-refractivity contribution is -0.131. The van der Waals surface area contributed by atoms with Gasteiger partial charge in [0.2, 0.25) is 11.8 Å². The summed E-state index contributed by atoms with van der Waals surface area (Å²) in [5, 5.41) is 3.96. The van der Waals surface area contributed by atoms with Gasteiger partial charge < -0.3 is 10.2 Å². The van der Waals surface area contributed by atoms with Crippen molar-refractivity contribution in [2.75, 3.05) is 19.6 Å². The summed E-state index contributed by atoms with van der Waals surface area (Å²) in [6.07, 6.45) is 7.13. The first-order valence-corrected chi connectivity index (χ1v) is 10.4. The van der Waals surface area contributed by atoms with Crippen molar-refractivity contribution in [1.82, 2.24) is 15.2 Å². The number of carbonyl (C=O) groups excluding carboxylic acids is 2. The fraction of sp³-hybridized carbons (Fsp3) is 0.550. The summed E-state index contributed by atoms with van der Waals surface area (Å²) in [4.78, 5) is 30.7. The van der Waals surface area contributed by atoms with E-state index in [2.05, 4.69) is 16.4 Å². The minimum absolute atomic E-state index is 0.0229. The third-order valence-corrected chi connectivity index (χ3v) is 5.85. The van der Waals surface area contributed by atoms with Gasteiger partial charge in [-0.3, -0.25) is 9.59 Å². The van der Waals surface area contributed by atoms with Gasteiger partial charge in [0, 0.05) is 32.5 Å². The van der Waals surface area contributed by atoms with Crippen molar-refractivity contribution in [3.05, 3.63) is 29.3 Å². The van der Waals surface area contributed by atoms with Gasteiger partial charge in [0.15, 0.2) is 0 Å². The molecule has 0 saturated carbocycles. The van der Waals surface area contributed by atoms with E-state index >= 15 is 0 Å². The number of fused-ring (bicyclic) bond motifs is 1. The van der Waals surface area contributed by atoms with Crippen LogP contribution >= 0.6 is 11.3 Å². The Hall–Kier alpha value is -1.95. The van der Waals surface area contributed by atoms with E-state index in [-0.39, 0.29) is 11.8 Å². The third kappa shape index (κ3) is 5.53. The number of amides is 2. The molecule has 1 aliphatic heterocycles. The quantitative estimate of drug-likeness (QED) is 0.808. The first-order chi connectivity index (χ1) is 12.7. The van der Waals surface area contributed by atoms with E-state index in [4.69, 9.17) is 0 Å². The second-order valence-corrected chi connectivity index (χ2v) is 7.94. The largest absolute Gasteiger partial charge is 0.356 e. The van der Waals surface area contributed by atoms with E-state index in [1.165, 1.54) is 17.5 Å². The van der Waals surface area contributed by atoms with Crippen LogP contribution in [0.1, 0.15) is 50.0 Å². The molecule has 0 spiro atoms. The first-order valence-electron chi connectivity index (χ1n) is 9.61. The van der Waals surface area contributed by atoms with Crippen molar-refractivity contribution in [2.24, 2.45) is 0 Å². The van der Waals surface area contributed by atoms with Gasteiger partial charge in [-0.1, -0.05) is 25.0 Å². The van der Waals surface area contributed by atoms with E-state index in [0.29, 0.717) is 19.4 Å². The number of nitrogens with zero attached hydrogens (tertiary/aromatic N) is 2. The standard InChI is InChI=1S/C20H27N3O2S/c24-18(21-13-12-20(25)23-14-5-1-2-6-15-23)10-7-11-19-22-16-8-3-4-9-17(16)26-19/h3-4,8-9H,1-2,5-7,10-15H2,(H,21,24). The van der Waals surface area contributed by atoms with Crippen LogP contribution in [0.15, 0.2) is 24.3 Å². The van der Waals surface area contributed by atoms with Gasteiger partial charge in [-0.05, 0) is 37.8 Å². The minimum atomic E-state index is 0.0229. The zero-order chi connectivity index (χ0) is 18.2. The highest BCUT2D eigenvalue weighted by Crippen LogP contribution is 2.22. The molecule has 26 heavy (non-hydrogen) atoms. The lowest BCUT2D eigenvalue weighted by atomic mass is 10.2. The van der Waals surface area contributed by atoms with Gasteiger partial charge in [0.1, 0.15) is 0 Å². The lowest BCUT2D eigenvalue weighted by Crippen LogP contribution is -2.35. The molecule has 0 bridgehead atoms. The number of rotatable bonds is 7. The van der Waals surface area contributed by atoms with Crippen LogP contribution in [0, 0.1) is 0 Å². The van der Waals surface area contributed by atoms with Crippen LogP contribution < -0.4 is 5.32 Å². The van der Waals surface area contributed by atoms with Crippen LogP contribution in [0.2, 0.25) is 0 Å². The molecule has 2 heterocycles. The summed E-state index contributed by atoms with van der Waals surface area (Å²) in [6, 6.07) is 8.10. The Morgan fingerprint density at radius 2 is 1.85 bits per heavy atom. The fourth-order valence-corrected chi connectivity index (χ4v) is 4.31. The van der Waals surface area contributed by atoms with Crippen LogP contribution in [0.5, 0.6) is 0 Å². The van der Waals surface area contributed by atoms with E-state index in [1.807, 2.05) is 23.1 Å². The number of aryl methyl sites for hydroxylation is 1. The molecule has 1 aliphatic rings. The molecular weight excluding hydrogens is 346 g/mol. The summed E-state index contributed by atoms with van der Waals surface area (Å²) in [5.41, 5.74) is 1.03. The molecule has 0 radical (unpaired) electrons.